The molecule has 1 aromatic rings. The van der Waals surface area contributed by atoms with Gasteiger partial charge in [0.15, 0.2) is 0 Å². The maximum Gasteiger partial charge on any atom is 0.0677 e. The lowest BCUT2D eigenvalue weighted by Crippen LogP contribution is -2.44. The summed E-state index contributed by atoms with van der Waals surface area (Å²) in [5.41, 5.74) is 3.44. The molecule has 2 rings (SSSR count). The molecule has 0 saturated heterocycles. The smallest absolute Gasteiger partial charge is 0.0677 e. The molecule has 0 fully saturated rings. The van der Waals surface area contributed by atoms with Crippen molar-refractivity contribution in [3.8, 4) is 0 Å². The predicted molar refractivity (Wildman–Crippen MR) is 66.3 cm³/mol. The van der Waals surface area contributed by atoms with Crippen molar-refractivity contribution < 1.29 is 5.11 Å². The molecule has 0 amide bonds. The van der Waals surface area contributed by atoms with Crippen LogP contribution in [0.1, 0.15) is 24.5 Å². The Labute approximate surface area is 97.0 Å². The summed E-state index contributed by atoms with van der Waals surface area (Å²) in [5, 5.41) is 13.1. The largest absolute Gasteiger partial charge is 0.394 e. The second-order valence-electron chi connectivity index (χ2n) is 4.71. The topological polar surface area (TPSA) is 32.3 Å². The van der Waals surface area contributed by atoms with E-state index in [-0.39, 0.29) is 12.1 Å². The van der Waals surface area contributed by atoms with Crippen molar-refractivity contribution in [1.82, 2.24) is 5.32 Å². The molecule has 0 radical (unpaired) electrons. The Balaban J connectivity index is 2.26. The third-order valence-electron chi connectivity index (χ3n) is 3.35. The molecule has 86 valence electrons. The van der Waals surface area contributed by atoms with Gasteiger partial charge in [-0.3, -0.25) is 0 Å². The summed E-state index contributed by atoms with van der Waals surface area (Å²) in [7, 11) is 0. The second kappa shape index (κ2) is 4.40. The molecular formula is C14H19NO. The summed E-state index contributed by atoms with van der Waals surface area (Å²) in [4.78, 5) is 0. The van der Waals surface area contributed by atoms with E-state index in [9.17, 15) is 5.11 Å². The molecule has 16 heavy (non-hydrogen) atoms. The first-order valence-electron chi connectivity index (χ1n) is 5.76. The van der Waals surface area contributed by atoms with Gasteiger partial charge in [0.2, 0.25) is 0 Å². The van der Waals surface area contributed by atoms with Gasteiger partial charge in [-0.15, -0.1) is 0 Å². The first-order chi connectivity index (χ1) is 7.68. The number of aryl methyl sites for hydroxylation is 1. The molecule has 0 aromatic heterocycles. The Morgan fingerprint density at radius 3 is 2.94 bits per heavy atom. The highest BCUT2D eigenvalue weighted by atomic mass is 16.3. The average molecular weight is 217 g/mol. The molecule has 0 aliphatic heterocycles. The third-order valence-corrected chi connectivity index (χ3v) is 3.35. The van der Waals surface area contributed by atoms with Crippen LogP contribution in [-0.4, -0.2) is 18.3 Å². The van der Waals surface area contributed by atoms with Crippen LogP contribution in [0, 0.1) is 0 Å². The Morgan fingerprint density at radius 1 is 1.50 bits per heavy atom. The molecule has 0 bridgehead atoms. The third kappa shape index (κ3) is 1.91. The number of benzene rings is 1. The zero-order chi connectivity index (χ0) is 11.6. The average Bonchev–Trinajstić information content (AvgIpc) is 2.66. The molecule has 2 nitrogen and oxygen atoms in total. The van der Waals surface area contributed by atoms with Gasteiger partial charge in [0, 0.05) is 6.54 Å². The van der Waals surface area contributed by atoms with Gasteiger partial charge in [0.25, 0.3) is 0 Å². The summed E-state index contributed by atoms with van der Waals surface area (Å²) in [6.45, 7) is 6.80. The van der Waals surface area contributed by atoms with E-state index in [1.165, 1.54) is 11.1 Å². The van der Waals surface area contributed by atoms with E-state index < -0.39 is 0 Å². The van der Waals surface area contributed by atoms with E-state index >= 15 is 0 Å². The number of aliphatic hydroxyl groups excluding tert-OH is 1. The van der Waals surface area contributed by atoms with Crippen molar-refractivity contribution in [3.05, 3.63) is 47.5 Å². The van der Waals surface area contributed by atoms with E-state index in [0.29, 0.717) is 0 Å². The number of aliphatic hydroxyl groups is 1. The van der Waals surface area contributed by atoms with Crippen molar-refractivity contribution in [3.63, 3.8) is 0 Å². The highest BCUT2D eigenvalue weighted by molar-refractivity contribution is 5.39. The number of fused-ring (bicyclic) bond motifs is 1. The molecule has 0 saturated carbocycles. The Hall–Kier alpha value is -1.12. The van der Waals surface area contributed by atoms with Crippen LogP contribution in [0.4, 0.5) is 0 Å². The number of hydrogen-bond donors (Lipinski definition) is 2. The molecule has 0 heterocycles. The van der Waals surface area contributed by atoms with Crippen LogP contribution < -0.4 is 5.32 Å². The lowest BCUT2D eigenvalue weighted by Gasteiger charge is -2.30. The summed E-state index contributed by atoms with van der Waals surface area (Å²) in [5.74, 6) is 0. The fourth-order valence-corrected chi connectivity index (χ4v) is 2.41. The van der Waals surface area contributed by atoms with Gasteiger partial charge in [-0.2, -0.15) is 0 Å². The second-order valence-corrected chi connectivity index (χ2v) is 4.71. The molecule has 1 aromatic carbocycles. The van der Waals surface area contributed by atoms with Crippen molar-refractivity contribution in [2.24, 2.45) is 0 Å². The Morgan fingerprint density at radius 2 is 2.25 bits per heavy atom. The van der Waals surface area contributed by atoms with Gasteiger partial charge in [0.1, 0.15) is 0 Å². The molecule has 1 unspecified atom stereocenters. The van der Waals surface area contributed by atoms with Crippen LogP contribution >= 0.6 is 0 Å². The lowest BCUT2D eigenvalue weighted by atomic mass is 9.92. The minimum absolute atomic E-state index is 0.150. The minimum atomic E-state index is -0.254. The van der Waals surface area contributed by atoms with E-state index in [0.717, 1.165) is 25.0 Å². The quantitative estimate of drug-likeness (QED) is 0.756. The van der Waals surface area contributed by atoms with Crippen LogP contribution in [0.2, 0.25) is 0 Å². The van der Waals surface area contributed by atoms with Crippen molar-refractivity contribution >= 4 is 0 Å². The zero-order valence-corrected chi connectivity index (χ0v) is 9.79. The maximum absolute atomic E-state index is 9.68. The predicted octanol–water partition coefficient (Wildman–Crippen LogP) is 1.99. The first-order valence-corrected chi connectivity index (χ1v) is 5.76. The molecular weight excluding hydrogens is 198 g/mol. The monoisotopic (exact) mass is 217 g/mol. The summed E-state index contributed by atoms with van der Waals surface area (Å²) < 4.78 is 0. The number of rotatable bonds is 4. The molecule has 2 N–H and O–H groups in total. The Kier molecular flexibility index (Phi) is 3.13. The highest BCUT2D eigenvalue weighted by Gasteiger charge is 2.37. The molecule has 1 atom stereocenters. The normalized spacial score (nSPS) is 23.1. The van der Waals surface area contributed by atoms with Gasteiger partial charge in [-0.25, -0.2) is 0 Å². The van der Waals surface area contributed by atoms with Crippen LogP contribution in [-0.2, 0) is 12.0 Å². The fraction of sp³-hybridized carbons (Fsp3) is 0.429. The van der Waals surface area contributed by atoms with Crippen LogP contribution in [0.25, 0.3) is 0 Å². The summed E-state index contributed by atoms with van der Waals surface area (Å²) in [6, 6.07) is 8.36. The van der Waals surface area contributed by atoms with Gasteiger partial charge < -0.3 is 10.4 Å². The highest BCUT2D eigenvalue weighted by Crippen LogP contribution is 2.36. The number of nitrogens with one attached hydrogen (secondary N) is 1. The molecule has 2 heteroatoms. The minimum Gasteiger partial charge on any atom is -0.394 e. The van der Waals surface area contributed by atoms with E-state index in [4.69, 9.17) is 0 Å². The summed E-state index contributed by atoms with van der Waals surface area (Å²) >= 11 is 0. The Bertz CT molecular complexity index is 399. The van der Waals surface area contributed by atoms with E-state index in [1.807, 2.05) is 13.0 Å². The van der Waals surface area contributed by atoms with Gasteiger partial charge in [-0.1, -0.05) is 36.4 Å². The standard InChI is InChI=1S/C14H19NO/c1-11(2)9-15-14(10-16)8-7-12-5-3-4-6-13(12)14/h3-6,15-16H,1,7-10H2,2H3. The lowest BCUT2D eigenvalue weighted by molar-refractivity contribution is 0.164. The zero-order valence-electron chi connectivity index (χ0n) is 9.79. The SMILES string of the molecule is C=C(C)CNC1(CO)CCc2ccccc21. The van der Waals surface area contributed by atoms with Crippen molar-refractivity contribution in [1.29, 1.82) is 0 Å². The molecule has 0 spiro atoms. The van der Waals surface area contributed by atoms with E-state index in [2.05, 4.69) is 30.1 Å². The van der Waals surface area contributed by atoms with Crippen LogP contribution in [0.5, 0.6) is 0 Å². The maximum atomic E-state index is 9.68. The van der Waals surface area contributed by atoms with Gasteiger partial charge in [0.05, 0.1) is 12.1 Å². The fourth-order valence-electron chi connectivity index (χ4n) is 2.41. The van der Waals surface area contributed by atoms with Crippen molar-refractivity contribution in [2.45, 2.75) is 25.3 Å². The molecule has 1 aliphatic carbocycles. The van der Waals surface area contributed by atoms with Crippen LogP contribution in [0.3, 0.4) is 0 Å². The van der Waals surface area contributed by atoms with Crippen LogP contribution in [0.15, 0.2) is 36.4 Å². The number of hydrogen-bond acceptors (Lipinski definition) is 2. The van der Waals surface area contributed by atoms with Gasteiger partial charge >= 0.3 is 0 Å². The molecule has 1 aliphatic rings. The van der Waals surface area contributed by atoms with E-state index in [1.54, 1.807) is 0 Å². The van der Waals surface area contributed by atoms with Crippen molar-refractivity contribution in [2.75, 3.05) is 13.2 Å². The summed E-state index contributed by atoms with van der Waals surface area (Å²) in [6.07, 6.45) is 2.01. The first kappa shape index (κ1) is 11.4. The van der Waals surface area contributed by atoms with Gasteiger partial charge in [-0.05, 0) is 30.9 Å².